The van der Waals surface area contributed by atoms with Gasteiger partial charge in [-0.3, -0.25) is 9.69 Å². The lowest BCUT2D eigenvalue weighted by molar-refractivity contribution is -0.868. The Morgan fingerprint density at radius 1 is 1.16 bits per heavy atom. The van der Waals surface area contributed by atoms with Crippen LogP contribution in [0.3, 0.4) is 0 Å². The van der Waals surface area contributed by atoms with Crippen molar-refractivity contribution in [1.82, 2.24) is 4.90 Å². The van der Waals surface area contributed by atoms with Crippen LogP contribution in [0.4, 0.5) is 18.9 Å². The van der Waals surface area contributed by atoms with Crippen LogP contribution in [0.5, 0.6) is 0 Å². The smallest absolute Gasteiger partial charge is 0.416 e. The van der Waals surface area contributed by atoms with Crippen molar-refractivity contribution in [3.05, 3.63) is 62.3 Å². The molecule has 0 spiro atoms. The van der Waals surface area contributed by atoms with E-state index in [1.807, 2.05) is 4.90 Å². The van der Waals surface area contributed by atoms with Gasteiger partial charge < -0.3 is 14.8 Å². The number of piperidine rings is 1. The number of quaternary nitrogens is 1. The van der Waals surface area contributed by atoms with Crippen molar-refractivity contribution >= 4 is 44.6 Å². The molecular formula is C25H30Cl2F3N3O4S. The zero-order valence-electron chi connectivity index (χ0n) is 21.5. The molecule has 7 nitrogen and oxygen atoms in total. The van der Waals surface area contributed by atoms with E-state index in [2.05, 4.69) is 0 Å². The number of hydrogen-bond donors (Lipinski definition) is 0. The maximum absolute atomic E-state index is 14.1. The van der Waals surface area contributed by atoms with Crippen LogP contribution >= 0.6 is 23.2 Å². The van der Waals surface area contributed by atoms with Gasteiger partial charge in [-0.25, -0.2) is 8.42 Å². The second kappa shape index (κ2) is 11.3. The largest absolute Gasteiger partial charge is 0.633 e. The molecule has 1 amide bonds. The van der Waals surface area contributed by atoms with Crippen LogP contribution in [0, 0.1) is 5.21 Å². The molecule has 0 radical (unpaired) electrons. The summed E-state index contributed by atoms with van der Waals surface area (Å²) >= 11 is 12.4. The Balaban J connectivity index is 1.96. The number of rotatable bonds is 7. The number of amides is 1. The Kier molecular flexibility index (Phi) is 9.12. The molecule has 1 aliphatic heterocycles. The highest BCUT2D eigenvalue weighted by Gasteiger charge is 2.37. The molecule has 13 heteroatoms. The van der Waals surface area contributed by atoms with Gasteiger partial charge in [0.05, 0.1) is 42.0 Å². The minimum atomic E-state index is -4.80. The second-order valence-electron chi connectivity index (χ2n) is 9.80. The molecule has 1 heterocycles. The number of carbonyl (C=O) groups excluding carboxylic acids is 1. The molecule has 1 saturated heterocycles. The SMILES string of the molecule is CCS(=O)(=O)c1ccc(Cl)cc1N(C)C(=O)c1cc(Cl)c(CN2CCC([N+](C)(C)[O-])CC2)c(C(F)(F)F)c1. The third-order valence-electron chi connectivity index (χ3n) is 6.87. The first-order valence-corrected chi connectivity index (χ1v) is 14.3. The fourth-order valence-electron chi connectivity index (χ4n) is 4.57. The van der Waals surface area contributed by atoms with Crippen LogP contribution in [0.2, 0.25) is 10.0 Å². The van der Waals surface area contributed by atoms with E-state index in [1.54, 1.807) is 14.1 Å². The molecule has 1 aliphatic rings. The number of anilines is 1. The van der Waals surface area contributed by atoms with Gasteiger partial charge in [-0.15, -0.1) is 0 Å². The summed E-state index contributed by atoms with van der Waals surface area (Å²) in [5.74, 6) is -1.12. The van der Waals surface area contributed by atoms with Crippen LogP contribution in [0.15, 0.2) is 35.2 Å². The van der Waals surface area contributed by atoms with Crippen LogP contribution < -0.4 is 4.90 Å². The molecule has 2 aromatic rings. The quantitative estimate of drug-likeness (QED) is 0.306. The van der Waals surface area contributed by atoms with Crippen LogP contribution in [0.1, 0.15) is 41.3 Å². The van der Waals surface area contributed by atoms with Gasteiger partial charge in [0.1, 0.15) is 0 Å². The summed E-state index contributed by atoms with van der Waals surface area (Å²) in [7, 11) is 0.597. The fourth-order valence-corrected chi connectivity index (χ4v) is 6.12. The number of benzene rings is 2. The van der Waals surface area contributed by atoms with Crippen LogP contribution in [-0.4, -0.2) is 69.9 Å². The maximum atomic E-state index is 14.1. The number of sulfone groups is 1. The second-order valence-corrected chi connectivity index (χ2v) is 12.9. The summed E-state index contributed by atoms with van der Waals surface area (Å²) in [5, 5.41) is 12.1. The third kappa shape index (κ3) is 6.81. The van der Waals surface area contributed by atoms with E-state index in [4.69, 9.17) is 23.2 Å². The average Bonchev–Trinajstić information content (AvgIpc) is 2.83. The number of hydroxylamine groups is 3. The van der Waals surface area contributed by atoms with Gasteiger partial charge in [-0.05, 0) is 35.9 Å². The Morgan fingerprint density at radius 3 is 2.29 bits per heavy atom. The zero-order valence-corrected chi connectivity index (χ0v) is 23.8. The molecule has 0 saturated carbocycles. The minimum absolute atomic E-state index is 0.0549. The maximum Gasteiger partial charge on any atom is 0.416 e. The molecule has 0 bridgehead atoms. The molecule has 0 atom stereocenters. The van der Waals surface area contributed by atoms with Gasteiger partial charge in [-0.2, -0.15) is 13.2 Å². The molecule has 0 aromatic heterocycles. The number of alkyl halides is 3. The Bertz CT molecular complexity index is 1310. The summed E-state index contributed by atoms with van der Waals surface area (Å²) in [5.41, 5.74) is -1.61. The molecule has 0 N–H and O–H groups in total. The highest BCUT2D eigenvalue weighted by Crippen LogP contribution is 2.38. The van der Waals surface area contributed by atoms with Crippen LogP contribution in [0.25, 0.3) is 0 Å². The van der Waals surface area contributed by atoms with Crippen molar-refractivity contribution in [2.75, 3.05) is 44.9 Å². The first-order chi connectivity index (χ1) is 17.5. The zero-order chi connectivity index (χ0) is 28.6. The van der Waals surface area contributed by atoms with Crippen molar-refractivity contribution in [2.45, 2.75) is 43.4 Å². The number of hydrogen-bond acceptors (Lipinski definition) is 5. The average molecular weight is 596 g/mol. The lowest BCUT2D eigenvalue weighted by Gasteiger charge is -2.45. The third-order valence-corrected chi connectivity index (χ3v) is 9.22. The first kappa shape index (κ1) is 30.6. The standard InChI is InChI=1S/C25H30Cl2F3N3O4S/c1-5-38(36,37)23-7-6-17(26)14-22(23)31(2)24(34)16-12-20(25(28,29)30)19(21(27)13-16)15-32-10-8-18(9-11-32)33(3,4)35/h6-7,12-14,18H,5,8-11,15H2,1-4H3. The first-order valence-electron chi connectivity index (χ1n) is 11.9. The number of carbonyl (C=O) groups is 1. The lowest BCUT2D eigenvalue weighted by atomic mass is 9.99. The summed E-state index contributed by atoms with van der Waals surface area (Å²) in [6, 6.07) is 5.66. The van der Waals surface area contributed by atoms with Gasteiger partial charge in [0, 0.05) is 55.1 Å². The normalized spacial score (nSPS) is 16.1. The predicted molar refractivity (Wildman–Crippen MR) is 142 cm³/mol. The molecule has 0 aliphatic carbocycles. The van der Waals surface area contributed by atoms with E-state index in [9.17, 15) is 31.6 Å². The molecular weight excluding hydrogens is 566 g/mol. The monoisotopic (exact) mass is 595 g/mol. The molecule has 2 aromatic carbocycles. The number of likely N-dealkylation sites (tertiary alicyclic amines) is 1. The Morgan fingerprint density at radius 2 is 1.76 bits per heavy atom. The van der Waals surface area contributed by atoms with Crippen molar-refractivity contribution in [3.63, 3.8) is 0 Å². The summed E-state index contributed by atoms with van der Waals surface area (Å²) in [4.78, 5) is 15.9. The van der Waals surface area contributed by atoms with E-state index >= 15 is 0 Å². The van der Waals surface area contributed by atoms with Crippen LogP contribution in [-0.2, 0) is 22.6 Å². The highest BCUT2D eigenvalue weighted by atomic mass is 35.5. The Hall–Kier alpha value is -1.89. The molecule has 3 rings (SSSR count). The molecule has 210 valence electrons. The van der Waals surface area contributed by atoms with E-state index < -0.39 is 32.1 Å². The van der Waals surface area contributed by atoms with Crippen molar-refractivity contribution in [3.8, 4) is 0 Å². The van der Waals surface area contributed by atoms with Gasteiger partial charge in [0.15, 0.2) is 9.84 Å². The van der Waals surface area contributed by atoms with Gasteiger partial charge >= 0.3 is 6.18 Å². The van der Waals surface area contributed by atoms with E-state index in [0.717, 1.165) is 17.0 Å². The van der Waals surface area contributed by atoms with E-state index in [1.165, 1.54) is 32.2 Å². The van der Waals surface area contributed by atoms with Crippen molar-refractivity contribution in [1.29, 1.82) is 0 Å². The number of halogens is 5. The van der Waals surface area contributed by atoms with Gasteiger partial charge in [-0.1, -0.05) is 30.1 Å². The van der Waals surface area contributed by atoms with Gasteiger partial charge in [0.2, 0.25) is 0 Å². The van der Waals surface area contributed by atoms with Crippen molar-refractivity contribution in [2.24, 2.45) is 0 Å². The van der Waals surface area contributed by atoms with Gasteiger partial charge in [0.25, 0.3) is 5.91 Å². The summed E-state index contributed by atoms with van der Waals surface area (Å²) in [6.07, 6.45) is -3.72. The lowest BCUT2D eigenvalue weighted by Crippen LogP contribution is -2.49. The topological polar surface area (TPSA) is 80.8 Å². The fraction of sp³-hybridized carbons (Fsp3) is 0.480. The van der Waals surface area contributed by atoms with E-state index in [0.29, 0.717) is 25.9 Å². The summed E-state index contributed by atoms with van der Waals surface area (Å²) < 4.78 is 67.1. The summed E-state index contributed by atoms with van der Waals surface area (Å²) in [6.45, 7) is 2.22. The molecule has 1 fully saturated rings. The predicted octanol–water partition coefficient (Wildman–Crippen LogP) is 5.62. The number of nitrogens with zero attached hydrogens (tertiary/aromatic N) is 3. The Labute approximate surface area is 230 Å². The minimum Gasteiger partial charge on any atom is -0.633 e. The van der Waals surface area contributed by atoms with Crippen molar-refractivity contribution < 1.29 is 31.0 Å². The van der Waals surface area contributed by atoms with E-state index in [-0.39, 0.29) is 50.1 Å². The molecule has 38 heavy (non-hydrogen) atoms. The molecule has 0 unspecified atom stereocenters. The highest BCUT2D eigenvalue weighted by molar-refractivity contribution is 7.91.